The molecule has 2 aromatic rings. The van der Waals surface area contributed by atoms with Crippen molar-refractivity contribution in [1.82, 2.24) is 5.32 Å². The van der Waals surface area contributed by atoms with Crippen molar-refractivity contribution < 1.29 is 0 Å². The zero-order valence-electron chi connectivity index (χ0n) is 11.9. The van der Waals surface area contributed by atoms with E-state index < -0.39 is 0 Å². The first kappa shape index (κ1) is 13.2. The minimum Gasteiger partial charge on any atom is -0.381 e. The normalized spacial score (nSPS) is 23.9. The molecule has 2 heterocycles. The Bertz CT molecular complexity index is 668. The second-order valence-electron chi connectivity index (χ2n) is 5.93. The minimum absolute atomic E-state index is 0.554. The fourth-order valence-corrected chi connectivity index (χ4v) is 4.00. The fraction of sp³-hybridized carbons (Fsp3) is 0.333. The van der Waals surface area contributed by atoms with Crippen molar-refractivity contribution in [2.24, 2.45) is 0 Å². The molecule has 0 saturated carbocycles. The highest BCUT2D eigenvalue weighted by Crippen LogP contribution is 2.46. The molecule has 2 aliphatic rings. The van der Waals surface area contributed by atoms with Gasteiger partial charge in [0.1, 0.15) is 0 Å². The zero-order chi connectivity index (χ0) is 14.2. The average molecular weight is 299 g/mol. The molecule has 2 nitrogen and oxygen atoms in total. The van der Waals surface area contributed by atoms with Crippen molar-refractivity contribution in [2.75, 3.05) is 18.4 Å². The van der Waals surface area contributed by atoms with Crippen molar-refractivity contribution in [2.45, 2.75) is 24.8 Å². The molecule has 4 rings (SSSR count). The molecule has 2 aromatic carbocycles. The summed E-state index contributed by atoms with van der Waals surface area (Å²) in [5.74, 6) is 0.586. The van der Waals surface area contributed by atoms with Crippen LogP contribution in [0.3, 0.4) is 0 Å². The molecule has 0 aromatic heterocycles. The Morgan fingerprint density at radius 3 is 2.62 bits per heavy atom. The van der Waals surface area contributed by atoms with Gasteiger partial charge in [-0.25, -0.2) is 0 Å². The van der Waals surface area contributed by atoms with E-state index in [9.17, 15) is 0 Å². The monoisotopic (exact) mass is 298 g/mol. The summed E-state index contributed by atoms with van der Waals surface area (Å²) >= 11 is 6.44. The van der Waals surface area contributed by atoms with E-state index in [-0.39, 0.29) is 0 Å². The highest BCUT2D eigenvalue weighted by atomic mass is 35.5. The summed E-state index contributed by atoms with van der Waals surface area (Å²) in [5.41, 5.74) is 5.19. The van der Waals surface area contributed by atoms with Crippen LogP contribution in [0.15, 0.2) is 42.5 Å². The van der Waals surface area contributed by atoms with E-state index in [4.69, 9.17) is 11.6 Å². The van der Waals surface area contributed by atoms with Crippen LogP contribution in [0.2, 0.25) is 5.02 Å². The smallest absolute Gasteiger partial charge is 0.0484 e. The van der Waals surface area contributed by atoms with E-state index in [2.05, 4.69) is 41.0 Å². The first-order valence-electron chi connectivity index (χ1n) is 7.69. The van der Waals surface area contributed by atoms with Gasteiger partial charge in [0.05, 0.1) is 0 Å². The van der Waals surface area contributed by atoms with E-state index in [1.807, 2.05) is 12.1 Å². The van der Waals surface area contributed by atoms with Gasteiger partial charge in [-0.3, -0.25) is 0 Å². The second-order valence-corrected chi connectivity index (χ2v) is 6.34. The minimum atomic E-state index is 0.554. The first-order chi connectivity index (χ1) is 10.3. The Kier molecular flexibility index (Phi) is 3.36. The van der Waals surface area contributed by atoms with E-state index in [0.717, 1.165) is 23.7 Å². The third kappa shape index (κ3) is 2.23. The largest absolute Gasteiger partial charge is 0.381 e. The molecule has 1 fully saturated rings. The van der Waals surface area contributed by atoms with Crippen molar-refractivity contribution in [3.05, 3.63) is 53.1 Å². The summed E-state index contributed by atoms with van der Waals surface area (Å²) in [6, 6.07) is 15.3. The first-order valence-corrected chi connectivity index (χ1v) is 8.07. The molecule has 0 radical (unpaired) electrons. The van der Waals surface area contributed by atoms with Crippen LogP contribution in [0.1, 0.15) is 24.3 Å². The van der Waals surface area contributed by atoms with E-state index in [0.29, 0.717) is 12.0 Å². The van der Waals surface area contributed by atoms with E-state index in [1.165, 1.54) is 29.7 Å². The van der Waals surface area contributed by atoms with Crippen LogP contribution in [0.5, 0.6) is 0 Å². The number of anilines is 1. The molecule has 2 atom stereocenters. The third-order valence-corrected chi connectivity index (χ3v) is 5.06. The third-order valence-electron chi connectivity index (χ3n) is 4.73. The predicted molar refractivity (Wildman–Crippen MR) is 89.1 cm³/mol. The number of hydrogen-bond donors (Lipinski definition) is 2. The average Bonchev–Trinajstić information content (AvgIpc) is 2.70. The summed E-state index contributed by atoms with van der Waals surface area (Å²) < 4.78 is 0. The molecule has 1 saturated heterocycles. The molecule has 108 valence electrons. The maximum absolute atomic E-state index is 6.44. The van der Waals surface area contributed by atoms with Crippen molar-refractivity contribution >= 4 is 17.3 Å². The molecule has 21 heavy (non-hydrogen) atoms. The molecule has 2 aliphatic heterocycles. The lowest BCUT2D eigenvalue weighted by molar-refractivity contribution is 0.579. The zero-order valence-corrected chi connectivity index (χ0v) is 12.7. The summed E-state index contributed by atoms with van der Waals surface area (Å²) in [6.45, 7) is 2.20. The standard InChI is InChI=1S/C18H19ClN2/c19-15-6-2-1-4-12(15)13-5-3-7-17-18(13)14-8-10-20-11-9-16(14)21-17/h1-7,14,16,20-21H,8-11H2. The van der Waals surface area contributed by atoms with Crippen LogP contribution >= 0.6 is 11.6 Å². The Morgan fingerprint density at radius 1 is 0.905 bits per heavy atom. The highest BCUT2D eigenvalue weighted by molar-refractivity contribution is 6.33. The van der Waals surface area contributed by atoms with Gasteiger partial charge in [0.25, 0.3) is 0 Å². The Hall–Kier alpha value is -1.51. The van der Waals surface area contributed by atoms with Crippen LogP contribution in [0.4, 0.5) is 5.69 Å². The summed E-state index contributed by atoms with van der Waals surface area (Å²) in [5, 5.41) is 8.07. The number of nitrogens with one attached hydrogen (secondary N) is 2. The second kappa shape index (κ2) is 5.36. The topological polar surface area (TPSA) is 24.1 Å². The Balaban J connectivity index is 1.85. The quantitative estimate of drug-likeness (QED) is 0.821. The van der Waals surface area contributed by atoms with Crippen LogP contribution < -0.4 is 10.6 Å². The van der Waals surface area contributed by atoms with Crippen molar-refractivity contribution in [3.8, 4) is 11.1 Å². The lowest BCUT2D eigenvalue weighted by Crippen LogP contribution is -2.21. The molecular weight excluding hydrogens is 280 g/mol. The van der Waals surface area contributed by atoms with Gasteiger partial charge < -0.3 is 10.6 Å². The number of benzene rings is 2. The Labute approximate surface area is 130 Å². The van der Waals surface area contributed by atoms with E-state index in [1.54, 1.807) is 0 Å². The van der Waals surface area contributed by atoms with Gasteiger partial charge >= 0.3 is 0 Å². The molecule has 2 N–H and O–H groups in total. The van der Waals surface area contributed by atoms with Crippen LogP contribution in [-0.4, -0.2) is 19.1 Å². The summed E-state index contributed by atoms with van der Waals surface area (Å²) in [7, 11) is 0. The molecular formula is C18H19ClN2. The van der Waals surface area contributed by atoms with E-state index >= 15 is 0 Å². The number of rotatable bonds is 1. The highest BCUT2D eigenvalue weighted by Gasteiger charge is 2.34. The maximum atomic E-state index is 6.44. The number of fused-ring (bicyclic) bond motifs is 3. The lowest BCUT2D eigenvalue weighted by atomic mass is 9.86. The fourth-order valence-electron chi connectivity index (χ4n) is 3.77. The molecule has 0 bridgehead atoms. The van der Waals surface area contributed by atoms with Gasteiger partial charge in [-0.15, -0.1) is 0 Å². The maximum Gasteiger partial charge on any atom is 0.0484 e. The van der Waals surface area contributed by atoms with Gasteiger partial charge in [-0.05, 0) is 49.2 Å². The van der Waals surface area contributed by atoms with Gasteiger partial charge in [-0.1, -0.05) is 41.9 Å². The van der Waals surface area contributed by atoms with Gasteiger partial charge in [0.2, 0.25) is 0 Å². The summed E-state index contributed by atoms with van der Waals surface area (Å²) in [4.78, 5) is 0. The molecule has 2 unspecified atom stereocenters. The predicted octanol–water partition coefficient (Wildman–Crippen LogP) is 4.27. The number of hydrogen-bond acceptors (Lipinski definition) is 2. The number of halogens is 1. The molecule has 3 heteroatoms. The SMILES string of the molecule is Clc1ccccc1-c1cccc2c1C1CCNCCC1N2. The molecule has 0 amide bonds. The van der Waals surface area contributed by atoms with Gasteiger partial charge in [-0.2, -0.15) is 0 Å². The lowest BCUT2D eigenvalue weighted by Gasteiger charge is -2.18. The van der Waals surface area contributed by atoms with Gasteiger partial charge in [0, 0.05) is 28.2 Å². The Morgan fingerprint density at radius 2 is 1.71 bits per heavy atom. The summed E-state index contributed by atoms with van der Waals surface area (Å²) in [6.07, 6.45) is 2.37. The molecule has 0 aliphatic carbocycles. The van der Waals surface area contributed by atoms with Gasteiger partial charge in [0.15, 0.2) is 0 Å². The van der Waals surface area contributed by atoms with Crippen molar-refractivity contribution in [1.29, 1.82) is 0 Å². The molecule has 0 spiro atoms. The van der Waals surface area contributed by atoms with Crippen molar-refractivity contribution in [3.63, 3.8) is 0 Å². The van der Waals surface area contributed by atoms with Crippen LogP contribution in [-0.2, 0) is 0 Å². The van der Waals surface area contributed by atoms with Crippen LogP contribution in [0.25, 0.3) is 11.1 Å². The van der Waals surface area contributed by atoms with Crippen LogP contribution in [0, 0.1) is 0 Å².